The van der Waals surface area contributed by atoms with Crippen molar-refractivity contribution in [1.82, 2.24) is 0 Å². The summed E-state index contributed by atoms with van der Waals surface area (Å²) in [6.45, 7) is 8.15. The van der Waals surface area contributed by atoms with E-state index in [1.165, 1.54) is 7.11 Å². The minimum atomic E-state index is -0.402. The van der Waals surface area contributed by atoms with Crippen molar-refractivity contribution in [3.8, 4) is 5.75 Å². The van der Waals surface area contributed by atoms with E-state index < -0.39 is 5.97 Å². The number of carbonyl (C=O) groups excluding carboxylic acids is 1. The predicted octanol–water partition coefficient (Wildman–Crippen LogP) is 4.22. The molecule has 0 fully saturated rings. The normalized spacial score (nSPS) is 10.4. The molecule has 1 aromatic carbocycles. The summed E-state index contributed by atoms with van der Waals surface area (Å²) >= 11 is 4.68. The van der Waals surface area contributed by atoms with Crippen molar-refractivity contribution in [3.63, 3.8) is 0 Å². The van der Waals surface area contributed by atoms with E-state index in [4.69, 9.17) is 4.74 Å². The zero-order chi connectivity index (χ0) is 16.0. The van der Waals surface area contributed by atoms with Crippen molar-refractivity contribution in [2.45, 2.75) is 39.5 Å². The summed E-state index contributed by atoms with van der Waals surface area (Å²) in [4.78, 5) is 15.4. The number of benzene rings is 1. The predicted molar refractivity (Wildman–Crippen MR) is 86.8 cm³/mol. The van der Waals surface area contributed by atoms with Gasteiger partial charge in [-0.3, -0.25) is 0 Å². The Kier molecular flexibility index (Phi) is 6.53. The Morgan fingerprint density at radius 2 is 1.76 bits per heavy atom. The number of hydrogen-bond donors (Lipinski definition) is 0. The largest absolute Gasteiger partial charge is 0.481 e. The van der Waals surface area contributed by atoms with Gasteiger partial charge in [-0.25, -0.2) is 4.79 Å². The van der Waals surface area contributed by atoms with Crippen LogP contribution in [-0.2, 0) is 9.53 Å². The lowest BCUT2D eigenvalue weighted by Gasteiger charge is -2.20. The van der Waals surface area contributed by atoms with Crippen LogP contribution in [-0.4, -0.2) is 24.8 Å². The fourth-order valence-corrected chi connectivity index (χ4v) is 2.10. The van der Waals surface area contributed by atoms with E-state index in [1.807, 2.05) is 12.1 Å². The molecule has 5 heteroatoms. The topological polar surface area (TPSA) is 47.9 Å². The first kappa shape index (κ1) is 17.3. The fraction of sp³-hybridized carbons (Fsp3) is 0.500. The van der Waals surface area contributed by atoms with Crippen LogP contribution in [0.15, 0.2) is 17.1 Å². The van der Waals surface area contributed by atoms with Crippen molar-refractivity contribution in [3.05, 3.63) is 23.3 Å². The zero-order valence-corrected chi connectivity index (χ0v) is 13.9. The Morgan fingerprint density at radius 3 is 2.14 bits per heavy atom. The van der Waals surface area contributed by atoms with Crippen LogP contribution >= 0.6 is 12.2 Å². The summed E-state index contributed by atoms with van der Waals surface area (Å²) in [7, 11) is 1.34. The second-order valence-electron chi connectivity index (χ2n) is 5.33. The summed E-state index contributed by atoms with van der Waals surface area (Å²) in [6, 6.07) is 3.84. The molecule has 0 saturated carbocycles. The number of ether oxygens (including phenoxy) is 2. The number of methoxy groups -OCH3 is 1. The van der Waals surface area contributed by atoms with Gasteiger partial charge in [0.2, 0.25) is 0 Å². The molecule has 0 aliphatic carbocycles. The number of thiocarbonyl (C=S) groups is 1. The van der Waals surface area contributed by atoms with Crippen LogP contribution in [0.1, 0.15) is 50.7 Å². The van der Waals surface area contributed by atoms with Gasteiger partial charge >= 0.3 is 5.97 Å². The summed E-state index contributed by atoms with van der Waals surface area (Å²) in [5.41, 5.74) is 2.74. The van der Waals surface area contributed by atoms with E-state index in [1.54, 1.807) is 0 Å². The van der Waals surface area contributed by atoms with E-state index in [2.05, 4.69) is 54.8 Å². The molecule has 0 aromatic heterocycles. The van der Waals surface area contributed by atoms with E-state index >= 15 is 0 Å². The van der Waals surface area contributed by atoms with Crippen molar-refractivity contribution in [1.29, 1.82) is 0 Å². The third-order valence-corrected chi connectivity index (χ3v) is 3.20. The molecule has 0 spiro atoms. The highest BCUT2D eigenvalue weighted by molar-refractivity contribution is 7.78. The van der Waals surface area contributed by atoms with Crippen LogP contribution in [0.3, 0.4) is 0 Å². The number of carbonyl (C=O) groups is 1. The smallest absolute Gasteiger partial charge is 0.343 e. The van der Waals surface area contributed by atoms with Gasteiger partial charge in [0.05, 0.1) is 18.0 Å². The van der Waals surface area contributed by atoms with Crippen LogP contribution in [0.4, 0.5) is 5.69 Å². The van der Waals surface area contributed by atoms with Crippen LogP contribution in [0, 0.1) is 0 Å². The number of rotatable bonds is 6. The monoisotopic (exact) mass is 307 g/mol. The third-order valence-electron chi connectivity index (χ3n) is 3.11. The third kappa shape index (κ3) is 4.66. The molecule has 1 aromatic rings. The highest BCUT2D eigenvalue weighted by Crippen LogP contribution is 2.38. The zero-order valence-electron chi connectivity index (χ0n) is 13.1. The number of hydrogen-bond acceptors (Lipinski definition) is 5. The minimum Gasteiger partial charge on any atom is -0.481 e. The molecule has 21 heavy (non-hydrogen) atoms. The van der Waals surface area contributed by atoms with Gasteiger partial charge in [0.15, 0.2) is 6.61 Å². The maximum Gasteiger partial charge on any atom is 0.343 e. The number of esters is 1. The summed E-state index contributed by atoms with van der Waals surface area (Å²) in [5.74, 6) is 0.792. The molecule has 0 aliphatic heterocycles. The van der Waals surface area contributed by atoms with Gasteiger partial charge in [-0.15, -0.1) is 0 Å². The Balaban J connectivity index is 3.35. The molecule has 1 rings (SSSR count). The Labute approximate surface area is 131 Å². The van der Waals surface area contributed by atoms with E-state index in [0.29, 0.717) is 0 Å². The first-order valence-corrected chi connectivity index (χ1v) is 7.26. The fourth-order valence-electron chi connectivity index (χ4n) is 1.99. The molecule has 0 heterocycles. The summed E-state index contributed by atoms with van der Waals surface area (Å²) < 4.78 is 10.3. The SMILES string of the molecule is COC(=O)COc1c(C(C)C)cc(N=C=S)cc1C(C)C. The molecular formula is C16H21NO3S. The lowest BCUT2D eigenvalue weighted by atomic mass is 9.93. The molecule has 0 aliphatic rings. The van der Waals surface area contributed by atoms with E-state index in [0.717, 1.165) is 22.6 Å². The van der Waals surface area contributed by atoms with Gasteiger partial charge in [-0.2, -0.15) is 4.99 Å². The molecule has 0 N–H and O–H groups in total. The van der Waals surface area contributed by atoms with Crippen LogP contribution in [0.25, 0.3) is 0 Å². The van der Waals surface area contributed by atoms with Gasteiger partial charge in [0.25, 0.3) is 0 Å². The van der Waals surface area contributed by atoms with Crippen molar-refractivity contribution < 1.29 is 14.3 Å². The molecule has 0 radical (unpaired) electrons. The highest BCUT2D eigenvalue weighted by atomic mass is 32.1. The van der Waals surface area contributed by atoms with Gasteiger partial charge in [0.1, 0.15) is 5.75 Å². The van der Waals surface area contributed by atoms with Crippen molar-refractivity contribution >= 4 is 29.0 Å². The van der Waals surface area contributed by atoms with Gasteiger partial charge in [0, 0.05) is 0 Å². The first-order chi connectivity index (χ1) is 9.90. The van der Waals surface area contributed by atoms with Gasteiger partial charge in [-0.05, 0) is 47.3 Å². The lowest BCUT2D eigenvalue weighted by molar-refractivity contribution is -0.142. The summed E-state index contributed by atoms with van der Waals surface area (Å²) in [5, 5.41) is 2.39. The molecule has 0 saturated heterocycles. The Morgan fingerprint density at radius 1 is 1.24 bits per heavy atom. The van der Waals surface area contributed by atoms with Crippen molar-refractivity contribution in [2.75, 3.05) is 13.7 Å². The number of nitrogens with zero attached hydrogens (tertiary/aromatic N) is 1. The number of aliphatic imine (C=N–C) groups is 1. The van der Waals surface area contributed by atoms with E-state index in [-0.39, 0.29) is 18.4 Å². The molecule has 0 unspecified atom stereocenters. The average Bonchev–Trinajstić information content (AvgIpc) is 2.44. The highest BCUT2D eigenvalue weighted by Gasteiger charge is 2.18. The number of isothiocyanates is 1. The second kappa shape index (κ2) is 7.91. The van der Waals surface area contributed by atoms with Crippen LogP contribution in [0.5, 0.6) is 5.75 Å². The maximum absolute atomic E-state index is 11.3. The minimum absolute atomic E-state index is 0.105. The Bertz CT molecular complexity index is 532. The standard InChI is InChI=1S/C16H21NO3S/c1-10(2)13-6-12(17-9-21)7-14(11(3)4)16(13)20-8-15(18)19-5/h6-7,10-11H,8H2,1-5H3. The molecule has 0 bridgehead atoms. The van der Waals surface area contributed by atoms with Gasteiger partial charge in [-0.1, -0.05) is 27.7 Å². The van der Waals surface area contributed by atoms with Crippen LogP contribution in [0.2, 0.25) is 0 Å². The Hall–Kier alpha value is -1.71. The average molecular weight is 307 g/mol. The summed E-state index contributed by atoms with van der Waals surface area (Å²) in [6.07, 6.45) is 0. The molecule has 114 valence electrons. The quantitative estimate of drug-likeness (QED) is 0.448. The molecule has 0 atom stereocenters. The van der Waals surface area contributed by atoms with Gasteiger partial charge < -0.3 is 9.47 Å². The first-order valence-electron chi connectivity index (χ1n) is 6.86. The molecule has 4 nitrogen and oxygen atoms in total. The van der Waals surface area contributed by atoms with E-state index in [9.17, 15) is 4.79 Å². The van der Waals surface area contributed by atoms with Crippen molar-refractivity contribution in [2.24, 2.45) is 4.99 Å². The molecular weight excluding hydrogens is 286 g/mol. The van der Waals surface area contributed by atoms with Crippen LogP contribution < -0.4 is 4.74 Å². The maximum atomic E-state index is 11.3. The second-order valence-corrected chi connectivity index (χ2v) is 5.51. The lowest BCUT2D eigenvalue weighted by Crippen LogP contribution is -2.15. The molecule has 0 amide bonds.